The van der Waals surface area contributed by atoms with E-state index in [-0.39, 0.29) is 0 Å². The largest absolute Gasteiger partial charge is 0.403 e. The fourth-order valence-electron chi connectivity index (χ4n) is 1.61. The lowest BCUT2D eigenvalue weighted by Crippen LogP contribution is -1.85. The third-order valence-corrected chi connectivity index (χ3v) is 2.48. The molecular formula is C10H10N6O. The fourth-order valence-corrected chi connectivity index (χ4v) is 1.61. The molecule has 0 bridgehead atoms. The Labute approximate surface area is 96.0 Å². The zero-order chi connectivity index (χ0) is 11.8. The number of fused-ring (bicyclic) bond motifs is 1. The Balaban J connectivity index is 2.13. The van der Waals surface area contributed by atoms with Gasteiger partial charge in [0.1, 0.15) is 0 Å². The van der Waals surface area contributed by atoms with E-state index in [1.54, 1.807) is 7.05 Å². The number of nitrogens with one attached hydrogen (secondary N) is 2. The first-order valence-electron chi connectivity index (χ1n) is 5.03. The molecule has 0 saturated heterocycles. The first-order valence-corrected chi connectivity index (χ1v) is 5.03. The molecule has 0 spiro atoms. The second-order valence-corrected chi connectivity index (χ2v) is 3.53. The Morgan fingerprint density at radius 3 is 3.00 bits per heavy atom. The predicted molar refractivity (Wildman–Crippen MR) is 63.3 cm³/mol. The van der Waals surface area contributed by atoms with Crippen molar-refractivity contribution in [1.29, 1.82) is 0 Å². The van der Waals surface area contributed by atoms with Crippen molar-refractivity contribution in [2.75, 3.05) is 18.1 Å². The standard InChI is InChI=1S/C10H10N6O/c1-12-10-16-15-9(17-10)5-2-3-7-6(4-5)8(11)14-13-7/h2-4H,1H3,(H,12,16)(H3,11,13,14). The van der Waals surface area contributed by atoms with Crippen molar-refractivity contribution < 1.29 is 4.42 Å². The third-order valence-electron chi connectivity index (χ3n) is 2.48. The Bertz CT molecular complexity index is 670. The summed E-state index contributed by atoms with van der Waals surface area (Å²) in [6, 6.07) is 5.98. The number of hydrogen-bond donors (Lipinski definition) is 3. The second kappa shape index (κ2) is 3.48. The van der Waals surface area contributed by atoms with Crippen LogP contribution < -0.4 is 11.1 Å². The molecule has 2 aromatic heterocycles. The zero-order valence-corrected chi connectivity index (χ0v) is 9.06. The van der Waals surface area contributed by atoms with Crippen LogP contribution in [0.2, 0.25) is 0 Å². The molecule has 0 atom stereocenters. The van der Waals surface area contributed by atoms with Gasteiger partial charge in [-0.25, -0.2) is 0 Å². The molecular weight excluding hydrogens is 220 g/mol. The van der Waals surface area contributed by atoms with Gasteiger partial charge in [-0.2, -0.15) is 5.10 Å². The van der Waals surface area contributed by atoms with Gasteiger partial charge in [-0.1, -0.05) is 5.10 Å². The highest BCUT2D eigenvalue weighted by Crippen LogP contribution is 2.25. The molecule has 0 aliphatic rings. The summed E-state index contributed by atoms with van der Waals surface area (Å²) in [4.78, 5) is 0. The van der Waals surface area contributed by atoms with Gasteiger partial charge < -0.3 is 15.5 Å². The number of hydrogen-bond acceptors (Lipinski definition) is 6. The molecule has 86 valence electrons. The smallest absolute Gasteiger partial charge is 0.315 e. The molecule has 0 aliphatic carbocycles. The lowest BCUT2D eigenvalue weighted by molar-refractivity contribution is 0.585. The summed E-state index contributed by atoms with van der Waals surface area (Å²) in [6.45, 7) is 0. The number of nitrogen functional groups attached to an aromatic ring is 1. The van der Waals surface area contributed by atoms with E-state index >= 15 is 0 Å². The Hall–Kier alpha value is -2.57. The SMILES string of the molecule is CNc1nnc(-c2ccc3[nH]nc(N)c3c2)o1. The lowest BCUT2D eigenvalue weighted by Gasteiger charge is -1.95. The van der Waals surface area contributed by atoms with E-state index in [9.17, 15) is 0 Å². The molecule has 0 amide bonds. The third kappa shape index (κ3) is 1.48. The summed E-state index contributed by atoms with van der Waals surface area (Å²) in [6.07, 6.45) is 0. The van der Waals surface area contributed by atoms with Crippen LogP contribution >= 0.6 is 0 Å². The number of benzene rings is 1. The minimum absolute atomic E-state index is 0.375. The predicted octanol–water partition coefficient (Wildman–Crippen LogP) is 1.24. The van der Waals surface area contributed by atoms with Crippen molar-refractivity contribution in [2.24, 2.45) is 0 Å². The average molecular weight is 230 g/mol. The summed E-state index contributed by atoms with van der Waals surface area (Å²) in [5.41, 5.74) is 7.41. The minimum atomic E-state index is 0.375. The molecule has 17 heavy (non-hydrogen) atoms. The molecule has 0 saturated carbocycles. The summed E-state index contributed by atoms with van der Waals surface area (Å²) < 4.78 is 5.38. The van der Waals surface area contributed by atoms with Crippen molar-refractivity contribution in [3.05, 3.63) is 18.2 Å². The quantitative estimate of drug-likeness (QED) is 0.611. The van der Waals surface area contributed by atoms with Gasteiger partial charge in [0, 0.05) is 18.0 Å². The monoisotopic (exact) mass is 230 g/mol. The Kier molecular flexibility index (Phi) is 1.97. The molecule has 1 aromatic carbocycles. The number of aromatic nitrogens is 4. The van der Waals surface area contributed by atoms with Gasteiger partial charge in [0.05, 0.1) is 5.52 Å². The normalized spacial score (nSPS) is 10.9. The van der Waals surface area contributed by atoms with Gasteiger partial charge in [-0.15, -0.1) is 5.10 Å². The van der Waals surface area contributed by atoms with Crippen molar-refractivity contribution in [3.8, 4) is 11.5 Å². The van der Waals surface area contributed by atoms with E-state index in [0.717, 1.165) is 16.5 Å². The summed E-state index contributed by atoms with van der Waals surface area (Å²) >= 11 is 0. The van der Waals surface area contributed by atoms with E-state index in [2.05, 4.69) is 25.7 Å². The van der Waals surface area contributed by atoms with Crippen LogP contribution in [0.3, 0.4) is 0 Å². The van der Waals surface area contributed by atoms with E-state index < -0.39 is 0 Å². The van der Waals surface area contributed by atoms with Gasteiger partial charge >= 0.3 is 6.01 Å². The van der Waals surface area contributed by atoms with Crippen LogP contribution in [-0.4, -0.2) is 27.4 Å². The number of aromatic amines is 1. The second-order valence-electron chi connectivity index (χ2n) is 3.53. The highest BCUT2D eigenvalue weighted by molar-refractivity contribution is 5.91. The summed E-state index contributed by atoms with van der Waals surface area (Å²) in [5.74, 6) is 0.895. The van der Waals surface area contributed by atoms with Crippen LogP contribution in [0.4, 0.5) is 11.8 Å². The number of nitrogens with two attached hydrogens (primary N) is 1. The molecule has 0 radical (unpaired) electrons. The molecule has 4 N–H and O–H groups in total. The van der Waals surface area contributed by atoms with Crippen LogP contribution in [0, 0.1) is 0 Å². The van der Waals surface area contributed by atoms with Crippen LogP contribution in [0.25, 0.3) is 22.4 Å². The van der Waals surface area contributed by atoms with Gasteiger partial charge in [0.2, 0.25) is 5.89 Å². The van der Waals surface area contributed by atoms with E-state index in [1.165, 1.54) is 0 Å². The number of H-pyrrole nitrogens is 1. The summed E-state index contributed by atoms with van der Waals surface area (Å²) in [7, 11) is 1.72. The first-order chi connectivity index (χ1) is 8.28. The maximum Gasteiger partial charge on any atom is 0.315 e. The van der Waals surface area contributed by atoms with E-state index in [0.29, 0.717) is 17.7 Å². The van der Waals surface area contributed by atoms with Crippen LogP contribution in [-0.2, 0) is 0 Å². The maximum absolute atomic E-state index is 5.73. The highest BCUT2D eigenvalue weighted by Gasteiger charge is 2.10. The van der Waals surface area contributed by atoms with Crippen molar-refractivity contribution in [3.63, 3.8) is 0 Å². The van der Waals surface area contributed by atoms with E-state index in [1.807, 2.05) is 18.2 Å². The van der Waals surface area contributed by atoms with Gasteiger partial charge in [0.15, 0.2) is 5.82 Å². The molecule has 0 unspecified atom stereocenters. The van der Waals surface area contributed by atoms with Crippen LogP contribution in [0.5, 0.6) is 0 Å². The molecule has 3 rings (SSSR count). The molecule has 3 aromatic rings. The average Bonchev–Trinajstić information content (AvgIpc) is 2.96. The lowest BCUT2D eigenvalue weighted by atomic mass is 10.1. The molecule has 0 fully saturated rings. The van der Waals surface area contributed by atoms with Crippen molar-refractivity contribution >= 4 is 22.7 Å². The summed E-state index contributed by atoms with van der Waals surface area (Å²) in [5, 5.41) is 18.1. The van der Waals surface area contributed by atoms with Crippen molar-refractivity contribution in [2.45, 2.75) is 0 Å². The molecule has 7 nitrogen and oxygen atoms in total. The fraction of sp³-hybridized carbons (Fsp3) is 0.100. The maximum atomic E-state index is 5.73. The highest BCUT2D eigenvalue weighted by atomic mass is 16.4. The van der Waals surface area contributed by atoms with Gasteiger partial charge in [-0.3, -0.25) is 5.10 Å². The Morgan fingerprint density at radius 2 is 2.24 bits per heavy atom. The Morgan fingerprint density at radius 1 is 1.35 bits per heavy atom. The van der Waals surface area contributed by atoms with Gasteiger partial charge in [-0.05, 0) is 18.2 Å². The molecule has 7 heteroatoms. The van der Waals surface area contributed by atoms with E-state index in [4.69, 9.17) is 10.2 Å². The minimum Gasteiger partial charge on any atom is -0.403 e. The number of anilines is 2. The van der Waals surface area contributed by atoms with Crippen LogP contribution in [0.1, 0.15) is 0 Å². The molecule has 0 aliphatic heterocycles. The topological polar surface area (TPSA) is 106 Å². The van der Waals surface area contributed by atoms with Crippen LogP contribution in [0.15, 0.2) is 22.6 Å². The number of rotatable bonds is 2. The van der Waals surface area contributed by atoms with Crippen molar-refractivity contribution in [1.82, 2.24) is 20.4 Å². The first kappa shape index (κ1) is 9.64. The van der Waals surface area contributed by atoms with Gasteiger partial charge in [0.25, 0.3) is 0 Å². The number of nitrogens with zero attached hydrogens (tertiary/aromatic N) is 3. The zero-order valence-electron chi connectivity index (χ0n) is 9.06. The molecule has 2 heterocycles.